The van der Waals surface area contributed by atoms with Crippen molar-refractivity contribution in [1.29, 1.82) is 0 Å². The average molecular weight is 350 g/mol. The zero-order chi connectivity index (χ0) is 14.3. The summed E-state index contributed by atoms with van der Waals surface area (Å²) in [6.07, 6.45) is 1.96. The summed E-state index contributed by atoms with van der Waals surface area (Å²) in [5.41, 5.74) is 3.36. The molecule has 0 aromatic carbocycles. The minimum Gasteiger partial charge on any atom is -0.294 e. The fourth-order valence-electron chi connectivity index (χ4n) is 2.13. The number of nitrogens with zero attached hydrogens (tertiary/aromatic N) is 3. The molecule has 0 N–H and O–H groups in total. The van der Waals surface area contributed by atoms with Gasteiger partial charge in [-0.15, -0.1) is 11.3 Å². The van der Waals surface area contributed by atoms with E-state index in [0.717, 1.165) is 26.1 Å². The molecule has 0 aliphatic heterocycles. The van der Waals surface area contributed by atoms with Crippen molar-refractivity contribution in [3.05, 3.63) is 45.1 Å². The molecule has 0 amide bonds. The highest BCUT2D eigenvalue weighted by Gasteiger charge is 2.16. The second-order valence-corrected chi connectivity index (χ2v) is 6.34. The van der Waals surface area contributed by atoms with Gasteiger partial charge in [0.2, 0.25) is 0 Å². The molecule has 0 saturated heterocycles. The van der Waals surface area contributed by atoms with Crippen LogP contribution in [0.15, 0.2) is 28.2 Å². The molecule has 0 bridgehead atoms. The summed E-state index contributed by atoms with van der Waals surface area (Å²) in [6.45, 7) is 1.91. The van der Waals surface area contributed by atoms with Gasteiger partial charge in [0.25, 0.3) is 0 Å². The van der Waals surface area contributed by atoms with Gasteiger partial charge in [-0.05, 0) is 40.4 Å². The molecule has 0 radical (unpaired) electrons. The lowest BCUT2D eigenvalue weighted by Crippen LogP contribution is -2.08. The highest BCUT2D eigenvalue weighted by Crippen LogP contribution is 2.23. The van der Waals surface area contributed by atoms with Gasteiger partial charge in [0.05, 0.1) is 32.5 Å². The van der Waals surface area contributed by atoms with Crippen LogP contribution >= 0.6 is 27.3 Å². The van der Waals surface area contributed by atoms with E-state index in [2.05, 4.69) is 26.0 Å². The lowest BCUT2D eigenvalue weighted by atomic mass is 10.1. The van der Waals surface area contributed by atoms with Crippen molar-refractivity contribution < 1.29 is 4.79 Å². The van der Waals surface area contributed by atoms with Crippen LogP contribution in [-0.4, -0.2) is 20.5 Å². The Hall–Kier alpha value is -1.53. The summed E-state index contributed by atoms with van der Waals surface area (Å²) < 4.78 is 3.68. The van der Waals surface area contributed by atoms with Gasteiger partial charge in [0.1, 0.15) is 0 Å². The third-order valence-electron chi connectivity index (χ3n) is 3.21. The monoisotopic (exact) mass is 349 g/mol. The number of carbonyl (C=O) groups excluding carboxylic acids is 1. The maximum Gasteiger partial charge on any atom is 0.170 e. The minimum atomic E-state index is 0.0523. The molecule has 3 rings (SSSR count). The van der Waals surface area contributed by atoms with Gasteiger partial charge in [-0.3, -0.25) is 14.5 Å². The number of aromatic nitrogens is 3. The lowest BCUT2D eigenvalue weighted by Gasteiger charge is -2.03. The topological polar surface area (TPSA) is 47.8 Å². The van der Waals surface area contributed by atoms with Crippen LogP contribution in [0.25, 0.3) is 10.2 Å². The quantitative estimate of drug-likeness (QED) is 0.679. The molecular weight excluding hydrogens is 338 g/mol. The standard InChI is InChI=1S/C14H12BrN3OS/c1-8-14(15)11(18(2)17-8)6-12(19)9-5-13-10(16-7-9)3-4-20-13/h3-5,7H,6H2,1-2H3. The Kier molecular flexibility index (Phi) is 3.43. The first-order valence-corrected chi connectivity index (χ1v) is 7.78. The van der Waals surface area contributed by atoms with Crippen molar-refractivity contribution in [2.75, 3.05) is 0 Å². The molecule has 0 atom stereocenters. The number of hydrogen-bond acceptors (Lipinski definition) is 4. The second kappa shape index (κ2) is 5.10. The summed E-state index contributed by atoms with van der Waals surface area (Å²) >= 11 is 5.08. The third kappa shape index (κ3) is 2.29. The van der Waals surface area contributed by atoms with Crippen LogP contribution in [-0.2, 0) is 13.5 Å². The van der Waals surface area contributed by atoms with Gasteiger partial charge in [-0.1, -0.05) is 0 Å². The van der Waals surface area contributed by atoms with Crippen molar-refractivity contribution in [2.45, 2.75) is 13.3 Å². The van der Waals surface area contributed by atoms with Gasteiger partial charge in [0.15, 0.2) is 5.78 Å². The summed E-state index contributed by atoms with van der Waals surface area (Å²) in [5.74, 6) is 0.0523. The molecule has 3 aromatic rings. The van der Waals surface area contributed by atoms with E-state index in [-0.39, 0.29) is 5.78 Å². The van der Waals surface area contributed by atoms with E-state index < -0.39 is 0 Å². The molecule has 0 fully saturated rings. The second-order valence-electron chi connectivity index (χ2n) is 4.60. The predicted molar refractivity (Wildman–Crippen MR) is 83.3 cm³/mol. The molecular formula is C14H12BrN3OS. The van der Waals surface area contributed by atoms with E-state index in [0.29, 0.717) is 12.0 Å². The van der Waals surface area contributed by atoms with E-state index in [1.54, 1.807) is 22.2 Å². The van der Waals surface area contributed by atoms with Crippen LogP contribution in [0.5, 0.6) is 0 Å². The van der Waals surface area contributed by atoms with E-state index >= 15 is 0 Å². The average Bonchev–Trinajstić information content (AvgIpc) is 2.98. The number of hydrogen-bond donors (Lipinski definition) is 0. The van der Waals surface area contributed by atoms with Crippen molar-refractivity contribution in [3.8, 4) is 0 Å². The molecule has 3 heterocycles. The summed E-state index contributed by atoms with van der Waals surface area (Å²) in [4.78, 5) is 16.7. The summed E-state index contributed by atoms with van der Waals surface area (Å²) in [6, 6.07) is 3.86. The van der Waals surface area contributed by atoms with Crippen LogP contribution < -0.4 is 0 Å². The maximum atomic E-state index is 12.4. The number of Topliss-reactive ketones (excluding diaryl/α,β-unsaturated/α-hetero) is 1. The number of carbonyl (C=O) groups is 1. The molecule has 4 nitrogen and oxygen atoms in total. The molecule has 0 saturated carbocycles. The number of pyridine rings is 1. The van der Waals surface area contributed by atoms with E-state index in [1.165, 1.54) is 0 Å². The molecule has 0 unspecified atom stereocenters. The normalized spacial score (nSPS) is 11.2. The van der Waals surface area contributed by atoms with Crippen LogP contribution in [0.3, 0.4) is 0 Å². The highest BCUT2D eigenvalue weighted by molar-refractivity contribution is 9.10. The Bertz CT molecular complexity index is 806. The van der Waals surface area contributed by atoms with Gasteiger partial charge in [-0.2, -0.15) is 5.10 Å². The predicted octanol–water partition coefficient (Wildman–Crippen LogP) is 3.53. The first kappa shape index (κ1) is 13.5. The Morgan fingerprint density at radius 1 is 1.50 bits per heavy atom. The van der Waals surface area contributed by atoms with E-state index in [1.807, 2.05) is 31.5 Å². The number of fused-ring (bicyclic) bond motifs is 1. The molecule has 6 heteroatoms. The van der Waals surface area contributed by atoms with Gasteiger partial charge in [0, 0.05) is 18.8 Å². The Morgan fingerprint density at radius 2 is 2.30 bits per heavy atom. The largest absolute Gasteiger partial charge is 0.294 e. The summed E-state index contributed by atoms with van der Waals surface area (Å²) in [5, 5.41) is 6.28. The van der Waals surface area contributed by atoms with Gasteiger partial charge >= 0.3 is 0 Å². The SMILES string of the molecule is Cc1nn(C)c(CC(=O)c2cnc3ccsc3c2)c1Br. The van der Waals surface area contributed by atoms with Crippen LogP contribution in [0.2, 0.25) is 0 Å². The van der Waals surface area contributed by atoms with Gasteiger partial charge in [-0.25, -0.2) is 0 Å². The van der Waals surface area contributed by atoms with Gasteiger partial charge < -0.3 is 0 Å². The molecule has 0 aliphatic carbocycles. The van der Waals surface area contributed by atoms with Crippen molar-refractivity contribution in [2.24, 2.45) is 7.05 Å². The van der Waals surface area contributed by atoms with Crippen molar-refractivity contribution >= 4 is 43.3 Å². The van der Waals surface area contributed by atoms with Crippen LogP contribution in [0, 0.1) is 6.92 Å². The Labute approximate surface area is 128 Å². The minimum absolute atomic E-state index is 0.0523. The van der Waals surface area contributed by atoms with Crippen LogP contribution in [0.4, 0.5) is 0 Å². The first-order valence-electron chi connectivity index (χ1n) is 6.10. The molecule has 20 heavy (non-hydrogen) atoms. The number of aryl methyl sites for hydroxylation is 2. The highest BCUT2D eigenvalue weighted by atomic mass is 79.9. The smallest absolute Gasteiger partial charge is 0.170 e. The molecule has 0 spiro atoms. The van der Waals surface area contributed by atoms with Crippen LogP contribution in [0.1, 0.15) is 21.7 Å². The zero-order valence-electron chi connectivity index (χ0n) is 11.1. The summed E-state index contributed by atoms with van der Waals surface area (Å²) in [7, 11) is 1.85. The number of thiophene rings is 1. The zero-order valence-corrected chi connectivity index (χ0v) is 13.5. The van der Waals surface area contributed by atoms with E-state index in [4.69, 9.17) is 0 Å². The Morgan fingerprint density at radius 3 is 3.00 bits per heavy atom. The van der Waals surface area contributed by atoms with Crippen molar-refractivity contribution in [3.63, 3.8) is 0 Å². The lowest BCUT2D eigenvalue weighted by molar-refractivity contribution is 0.0990. The van der Waals surface area contributed by atoms with E-state index in [9.17, 15) is 4.79 Å². The maximum absolute atomic E-state index is 12.4. The first-order chi connectivity index (χ1) is 9.56. The number of rotatable bonds is 3. The fourth-order valence-corrected chi connectivity index (χ4v) is 3.38. The van der Waals surface area contributed by atoms with Crippen molar-refractivity contribution in [1.82, 2.24) is 14.8 Å². The molecule has 102 valence electrons. The third-order valence-corrected chi connectivity index (χ3v) is 5.10. The molecule has 0 aliphatic rings. The number of ketones is 1. The molecule has 3 aromatic heterocycles. The number of halogens is 1. The fraction of sp³-hybridized carbons (Fsp3) is 0.214. The Balaban J connectivity index is 1.92.